The molecule has 0 spiro atoms. The number of para-hydroxylation sites is 1. The Hall–Kier alpha value is -2.27. The molecule has 0 bridgehead atoms. The fourth-order valence-corrected chi connectivity index (χ4v) is 3.56. The van der Waals surface area contributed by atoms with Gasteiger partial charge in [0.1, 0.15) is 11.6 Å². The smallest absolute Gasteiger partial charge is 0.146 e. The van der Waals surface area contributed by atoms with Crippen LogP contribution in [0, 0.1) is 12.7 Å². The Morgan fingerprint density at radius 1 is 1.29 bits per heavy atom. The summed E-state index contributed by atoms with van der Waals surface area (Å²) in [6.07, 6.45) is 3.86. The molecule has 1 saturated heterocycles. The number of halogens is 1. The molecule has 3 aromatic rings. The molecule has 2 aromatic heterocycles. The van der Waals surface area contributed by atoms with E-state index in [1.54, 1.807) is 12.3 Å². The molecule has 24 heavy (non-hydrogen) atoms. The van der Waals surface area contributed by atoms with E-state index in [-0.39, 0.29) is 5.82 Å². The van der Waals surface area contributed by atoms with Gasteiger partial charge in [-0.05, 0) is 50.1 Å². The summed E-state index contributed by atoms with van der Waals surface area (Å²) < 4.78 is 13.8. The number of aryl methyl sites for hydroxylation is 1. The van der Waals surface area contributed by atoms with Gasteiger partial charge in [-0.2, -0.15) is 0 Å². The predicted molar refractivity (Wildman–Crippen MR) is 92.3 cm³/mol. The summed E-state index contributed by atoms with van der Waals surface area (Å²) in [4.78, 5) is 14.8. The van der Waals surface area contributed by atoms with E-state index in [9.17, 15) is 4.39 Å². The van der Waals surface area contributed by atoms with Crippen LogP contribution in [-0.2, 0) is 6.54 Å². The van der Waals surface area contributed by atoms with Gasteiger partial charge in [-0.3, -0.25) is 9.88 Å². The average molecular weight is 324 g/mol. The third kappa shape index (κ3) is 2.91. The first-order chi connectivity index (χ1) is 11.7. The number of nitrogens with one attached hydrogen (secondary N) is 1. The first kappa shape index (κ1) is 15.3. The molecule has 1 atom stereocenters. The van der Waals surface area contributed by atoms with Crippen molar-refractivity contribution < 1.29 is 4.39 Å². The summed E-state index contributed by atoms with van der Waals surface area (Å²) in [6, 6.07) is 9.32. The maximum atomic E-state index is 13.8. The molecule has 4 rings (SSSR count). The zero-order valence-electron chi connectivity index (χ0n) is 13.8. The van der Waals surface area contributed by atoms with Crippen LogP contribution in [0.5, 0.6) is 0 Å². The quantitative estimate of drug-likeness (QED) is 0.797. The highest BCUT2D eigenvalue weighted by Gasteiger charge is 2.25. The molecule has 1 aromatic carbocycles. The third-order valence-electron chi connectivity index (χ3n) is 4.83. The minimum absolute atomic E-state index is 0.223. The van der Waals surface area contributed by atoms with Gasteiger partial charge in [0.05, 0.1) is 16.7 Å². The number of hydrogen-bond donors (Lipinski definition) is 1. The number of piperidine rings is 1. The van der Waals surface area contributed by atoms with Gasteiger partial charge in [0, 0.05) is 25.2 Å². The summed E-state index contributed by atoms with van der Waals surface area (Å²) in [6.45, 7) is 4.51. The van der Waals surface area contributed by atoms with E-state index in [4.69, 9.17) is 4.98 Å². The largest absolute Gasteiger partial charge is 0.342 e. The van der Waals surface area contributed by atoms with Crippen molar-refractivity contribution in [2.75, 3.05) is 13.1 Å². The number of aromatic nitrogens is 3. The minimum atomic E-state index is -0.223. The monoisotopic (exact) mass is 324 g/mol. The van der Waals surface area contributed by atoms with Gasteiger partial charge in [0.15, 0.2) is 0 Å². The van der Waals surface area contributed by atoms with E-state index >= 15 is 0 Å². The Morgan fingerprint density at radius 3 is 3.04 bits per heavy atom. The van der Waals surface area contributed by atoms with Crippen LogP contribution in [0.1, 0.15) is 35.8 Å². The van der Waals surface area contributed by atoms with E-state index in [0.717, 1.165) is 42.8 Å². The van der Waals surface area contributed by atoms with Crippen molar-refractivity contribution in [3.63, 3.8) is 0 Å². The Kier molecular flexibility index (Phi) is 4.02. The first-order valence-corrected chi connectivity index (χ1v) is 8.47. The number of likely N-dealkylation sites (tertiary alicyclic amines) is 1. The summed E-state index contributed by atoms with van der Waals surface area (Å²) in [7, 11) is 0. The molecule has 0 radical (unpaired) electrons. The van der Waals surface area contributed by atoms with E-state index in [1.807, 2.05) is 0 Å². The highest BCUT2D eigenvalue weighted by molar-refractivity contribution is 5.78. The van der Waals surface area contributed by atoms with Crippen molar-refractivity contribution in [1.29, 1.82) is 0 Å². The number of hydrogen-bond acceptors (Lipinski definition) is 3. The number of nitrogens with zero attached hydrogens (tertiary/aromatic N) is 3. The molecule has 1 unspecified atom stereocenters. The second-order valence-corrected chi connectivity index (χ2v) is 6.60. The standard InChI is InChI=1S/C19H21FN4/c1-13-5-2-8-16-18(13)23-19(22-16)14-6-4-10-24(11-14)12-17-15(20)7-3-9-21-17/h2-3,5,7-9,14H,4,6,10-12H2,1H3,(H,22,23). The SMILES string of the molecule is Cc1cccc2[nH]c(C3CCCN(Cc4ncccc4F)C3)nc12. The average Bonchev–Trinajstić information content (AvgIpc) is 3.03. The molecule has 0 amide bonds. The van der Waals surface area contributed by atoms with Gasteiger partial charge in [0.2, 0.25) is 0 Å². The molecule has 1 aliphatic rings. The van der Waals surface area contributed by atoms with Crippen LogP contribution in [0.25, 0.3) is 11.0 Å². The number of rotatable bonds is 3. The maximum absolute atomic E-state index is 13.8. The van der Waals surface area contributed by atoms with Crippen LogP contribution < -0.4 is 0 Å². The molecular weight excluding hydrogens is 303 g/mol. The molecular formula is C19H21FN4. The molecule has 1 aliphatic heterocycles. The maximum Gasteiger partial charge on any atom is 0.146 e. The normalized spacial score (nSPS) is 19.0. The van der Waals surface area contributed by atoms with E-state index in [0.29, 0.717) is 18.2 Å². The van der Waals surface area contributed by atoms with Crippen molar-refractivity contribution in [1.82, 2.24) is 19.9 Å². The van der Waals surface area contributed by atoms with Crippen LogP contribution in [0.4, 0.5) is 4.39 Å². The second-order valence-electron chi connectivity index (χ2n) is 6.60. The number of H-pyrrole nitrogens is 1. The molecule has 1 fully saturated rings. The zero-order valence-corrected chi connectivity index (χ0v) is 13.8. The highest BCUT2D eigenvalue weighted by atomic mass is 19.1. The lowest BCUT2D eigenvalue weighted by Gasteiger charge is -2.31. The van der Waals surface area contributed by atoms with Crippen LogP contribution in [0.3, 0.4) is 0 Å². The van der Waals surface area contributed by atoms with Crippen LogP contribution in [0.2, 0.25) is 0 Å². The minimum Gasteiger partial charge on any atom is -0.342 e. The van der Waals surface area contributed by atoms with Gasteiger partial charge in [0.25, 0.3) is 0 Å². The van der Waals surface area contributed by atoms with Crippen molar-refractivity contribution in [2.45, 2.75) is 32.2 Å². The molecule has 0 aliphatic carbocycles. The lowest BCUT2D eigenvalue weighted by Crippen LogP contribution is -2.34. The fraction of sp³-hybridized carbons (Fsp3) is 0.368. The topological polar surface area (TPSA) is 44.8 Å². The summed E-state index contributed by atoms with van der Waals surface area (Å²) in [5.74, 6) is 1.18. The van der Waals surface area contributed by atoms with Crippen molar-refractivity contribution >= 4 is 11.0 Å². The lowest BCUT2D eigenvalue weighted by molar-refractivity contribution is 0.192. The molecule has 4 nitrogen and oxygen atoms in total. The first-order valence-electron chi connectivity index (χ1n) is 8.47. The van der Waals surface area contributed by atoms with Crippen LogP contribution >= 0.6 is 0 Å². The fourth-order valence-electron chi connectivity index (χ4n) is 3.56. The van der Waals surface area contributed by atoms with Crippen LogP contribution in [-0.4, -0.2) is 32.9 Å². The Morgan fingerprint density at radius 2 is 2.21 bits per heavy atom. The van der Waals surface area contributed by atoms with Gasteiger partial charge in [-0.1, -0.05) is 12.1 Å². The number of benzene rings is 1. The molecule has 124 valence electrons. The second kappa shape index (κ2) is 6.32. The Balaban J connectivity index is 1.53. The number of fused-ring (bicyclic) bond motifs is 1. The molecule has 3 heterocycles. The van der Waals surface area contributed by atoms with Gasteiger partial charge in [-0.25, -0.2) is 9.37 Å². The van der Waals surface area contributed by atoms with E-state index in [1.165, 1.54) is 11.6 Å². The number of aromatic amines is 1. The van der Waals surface area contributed by atoms with Gasteiger partial charge in [-0.15, -0.1) is 0 Å². The van der Waals surface area contributed by atoms with Gasteiger partial charge >= 0.3 is 0 Å². The van der Waals surface area contributed by atoms with E-state index < -0.39 is 0 Å². The Labute approximate surface area is 140 Å². The van der Waals surface area contributed by atoms with Gasteiger partial charge < -0.3 is 4.98 Å². The van der Waals surface area contributed by atoms with Crippen molar-refractivity contribution in [3.8, 4) is 0 Å². The molecule has 5 heteroatoms. The van der Waals surface area contributed by atoms with Crippen molar-refractivity contribution in [2.24, 2.45) is 0 Å². The van der Waals surface area contributed by atoms with E-state index in [2.05, 4.69) is 40.0 Å². The number of imidazole rings is 1. The Bertz CT molecular complexity index is 857. The van der Waals surface area contributed by atoms with Crippen LogP contribution in [0.15, 0.2) is 36.5 Å². The van der Waals surface area contributed by atoms with Crippen molar-refractivity contribution in [3.05, 3.63) is 59.4 Å². The molecule has 1 N–H and O–H groups in total. The summed E-state index contributed by atoms with van der Waals surface area (Å²) in [5.41, 5.74) is 3.87. The predicted octanol–water partition coefficient (Wildman–Crippen LogP) is 3.79. The lowest BCUT2D eigenvalue weighted by atomic mass is 9.97. The molecule has 0 saturated carbocycles. The highest BCUT2D eigenvalue weighted by Crippen LogP contribution is 2.28. The zero-order chi connectivity index (χ0) is 16.5. The number of pyridine rings is 1. The summed E-state index contributed by atoms with van der Waals surface area (Å²) in [5, 5.41) is 0. The summed E-state index contributed by atoms with van der Waals surface area (Å²) >= 11 is 0. The third-order valence-corrected chi connectivity index (χ3v) is 4.83.